The standard InChI is InChI=1S/C18H26N2O/c1-13-3-4-14(2)16(11-13)12-20-9-7-17(8-10-20)19-18(21)15-5-6-15/h3-4,11,15,17H,5-10,12H2,1-2H3,(H,19,21). The molecular formula is C18H26N2O. The number of nitrogens with zero attached hydrogens (tertiary/aromatic N) is 1. The van der Waals surface area contributed by atoms with Gasteiger partial charge in [0.25, 0.3) is 0 Å². The van der Waals surface area contributed by atoms with Crippen molar-refractivity contribution in [3.8, 4) is 0 Å². The lowest BCUT2D eigenvalue weighted by molar-refractivity contribution is -0.123. The molecule has 1 N–H and O–H groups in total. The van der Waals surface area contributed by atoms with E-state index in [1.807, 2.05) is 0 Å². The van der Waals surface area contributed by atoms with Crippen LogP contribution in [0.2, 0.25) is 0 Å². The number of carbonyl (C=O) groups excluding carboxylic acids is 1. The normalized spacial score (nSPS) is 20.5. The molecular weight excluding hydrogens is 260 g/mol. The highest BCUT2D eigenvalue weighted by atomic mass is 16.2. The molecule has 0 unspecified atom stereocenters. The summed E-state index contributed by atoms with van der Waals surface area (Å²) in [7, 11) is 0. The summed E-state index contributed by atoms with van der Waals surface area (Å²) in [5.41, 5.74) is 4.16. The molecule has 0 spiro atoms. The summed E-state index contributed by atoms with van der Waals surface area (Å²) in [4.78, 5) is 14.3. The molecule has 1 saturated heterocycles. The van der Waals surface area contributed by atoms with E-state index < -0.39 is 0 Å². The van der Waals surface area contributed by atoms with Crippen LogP contribution in [0.4, 0.5) is 0 Å². The quantitative estimate of drug-likeness (QED) is 0.923. The van der Waals surface area contributed by atoms with Crippen LogP contribution in [0.15, 0.2) is 18.2 Å². The number of likely N-dealkylation sites (tertiary alicyclic amines) is 1. The monoisotopic (exact) mass is 286 g/mol. The van der Waals surface area contributed by atoms with Gasteiger partial charge >= 0.3 is 0 Å². The maximum Gasteiger partial charge on any atom is 0.223 e. The van der Waals surface area contributed by atoms with E-state index in [-0.39, 0.29) is 0 Å². The number of hydrogen-bond acceptors (Lipinski definition) is 2. The minimum absolute atomic E-state index is 0.294. The van der Waals surface area contributed by atoms with Gasteiger partial charge in [0.15, 0.2) is 0 Å². The van der Waals surface area contributed by atoms with Crippen molar-refractivity contribution in [3.63, 3.8) is 0 Å². The summed E-state index contributed by atoms with van der Waals surface area (Å²) in [6, 6.07) is 7.09. The van der Waals surface area contributed by atoms with Gasteiger partial charge in [0.1, 0.15) is 0 Å². The van der Waals surface area contributed by atoms with E-state index in [9.17, 15) is 4.79 Å². The maximum absolute atomic E-state index is 11.8. The van der Waals surface area contributed by atoms with Crippen LogP contribution in [0.1, 0.15) is 42.4 Å². The highest BCUT2D eigenvalue weighted by Gasteiger charge is 2.31. The van der Waals surface area contributed by atoms with Crippen molar-refractivity contribution in [1.29, 1.82) is 0 Å². The predicted molar refractivity (Wildman–Crippen MR) is 85.1 cm³/mol. The van der Waals surface area contributed by atoms with Crippen LogP contribution >= 0.6 is 0 Å². The molecule has 1 heterocycles. The molecule has 3 heteroatoms. The smallest absolute Gasteiger partial charge is 0.223 e. The zero-order chi connectivity index (χ0) is 14.8. The number of nitrogens with one attached hydrogen (secondary N) is 1. The van der Waals surface area contributed by atoms with Gasteiger partial charge in [-0.15, -0.1) is 0 Å². The zero-order valence-electron chi connectivity index (χ0n) is 13.2. The Bertz CT molecular complexity index is 514. The van der Waals surface area contributed by atoms with Gasteiger partial charge in [-0.2, -0.15) is 0 Å². The van der Waals surface area contributed by atoms with Gasteiger partial charge < -0.3 is 5.32 Å². The fourth-order valence-corrected chi connectivity index (χ4v) is 3.11. The van der Waals surface area contributed by atoms with E-state index in [0.29, 0.717) is 17.9 Å². The molecule has 1 saturated carbocycles. The summed E-state index contributed by atoms with van der Waals surface area (Å²) >= 11 is 0. The van der Waals surface area contributed by atoms with Gasteiger partial charge in [-0.3, -0.25) is 9.69 Å². The van der Waals surface area contributed by atoms with Crippen LogP contribution in [0.5, 0.6) is 0 Å². The summed E-state index contributed by atoms with van der Waals surface area (Å²) in [6.07, 6.45) is 4.36. The van der Waals surface area contributed by atoms with Crippen molar-refractivity contribution in [2.24, 2.45) is 5.92 Å². The molecule has 1 amide bonds. The third kappa shape index (κ3) is 3.85. The minimum Gasteiger partial charge on any atom is -0.353 e. The molecule has 0 atom stereocenters. The first-order chi connectivity index (χ1) is 10.1. The molecule has 2 fully saturated rings. The van der Waals surface area contributed by atoms with E-state index in [0.717, 1.165) is 45.3 Å². The summed E-state index contributed by atoms with van der Waals surface area (Å²) in [6.45, 7) is 7.56. The van der Waals surface area contributed by atoms with Crippen molar-refractivity contribution in [3.05, 3.63) is 34.9 Å². The number of benzene rings is 1. The molecule has 2 aliphatic rings. The average molecular weight is 286 g/mol. The van der Waals surface area contributed by atoms with E-state index >= 15 is 0 Å². The van der Waals surface area contributed by atoms with Crippen LogP contribution in [0.25, 0.3) is 0 Å². The highest BCUT2D eigenvalue weighted by molar-refractivity contribution is 5.81. The Kier molecular flexibility index (Phi) is 4.29. The first-order valence-corrected chi connectivity index (χ1v) is 8.20. The third-order valence-corrected chi connectivity index (χ3v) is 4.78. The van der Waals surface area contributed by atoms with Crippen LogP contribution < -0.4 is 5.32 Å². The zero-order valence-corrected chi connectivity index (χ0v) is 13.2. The second kappa shape index (κ2) is 6.18. The van der Waals surface area contributed by atoms with Gasteiger partial charge in [0.05, 0.1) is 0 Å². The van der Waals surface area contributed by atoms with Crippen LogP contribution in [-0.2, 0) is 11.3 Å². The van der Waals surface area contributed by atoms with Crippen molar-refractivity contribution in [2.75, 3.05) is 13.1 Å². The molecule has 1 aliphatic heterocycles. The molecule has 1 aromatic rings. The molecule has 0 bridgehead atoms. The van der Waals surface area contributed by atoms with Crippen LogP contribution in [0, 0.1) is 19.8 Å². The Morgan fingerprint density at radius 1 is 1.19 bits per heavy atom. The first-order valence-electron chi connectivity index (χ1n) is 8.20. The van der Waals surface area contributed by atoms with Gasteiger partial charge in [-0.05, 0) is 50.7 Å². The largest absolute Gasteiger partial charge is 0.353 e. The van der Waals surface area contributed by atoms with Crippen LogP contribution in [-0.4, -0.2) is 29.9 Å². The van der Waals surface area contributed by atoms with Crippen molar-refractivity contribution >= 4 is 5.91 Å². The Hall–Kier alpha value is -1.35. The predicted octanol–water partition coefficient (Wildman–Crippen LogP) is 2.79. The van der Waals surface area contributed by atoms with Crippen molar-refractivity contribution < 1.29 is 4.79 Å². The Morgan fingerprint density at radius 2 is 1.90 bits per heavy atom. The topological polar surface area (TPSA) is 32.3 Å². The maximum atomic E-state index is 11.8. The SMILES string of the molecule is Cc1ccc(C)c(CN2CCC(NC(=O)C3CC3)CC2)c1. The molecule has 3 nitrogen and oxygen atoms in total. The van der Waals surface area contributed by atoms with Crippen molar-refractivity contribution in [2.45, 2.75) is 52.1 Å². The highest BCUT2D eigenvalue weighted by Crippen LogP contribution is 2.29. The average Bonchev–Trinajstić information content (AvgIpc) is 3.29. The number of hydrogen-bond donors (Lipinski definition) is 1. The van der Waals surface area contributed by atoms with Gasteiger partial charge in [0, 0.05) is 31.6 Å². The summed E-state index contributed by atoms with van der Waals surface area (Å²) in [5.74, 6) is 0.626. The van der Waals surface area contributed by atoms with Gasteiger partial charge in [0.2, 0.25) is 5.91 Å². The molecule has 21 heavy (non-hydrogen) atoms. The van der Waals surface area contributed by atoms with Crippen LogP contribution in [0.3, 0.4) is 0 Å². The summed E-state index contributed by atoms with van der Waals surface area (Å²) in [5, 5.41) is 3.22. The molecule has 1 aliphatic carbocycles. The van der Waals surface area contributed by atoms with E-state index in [1.54, 1.807) is 0 Å². The van der Waals surface area contributed by atoms with E-state index in [1.165, 1.54) is 16.7 Å². The Morgan fingerprint density at radius 3 is 2.57 bits per heavy atom. The molecule has 3 rings (SSSR count). The number of amides is 1. The number of rotatable bonds is 4. The molecule has 0 aromatic heterocycles. The molecule has 114 valence electrons. The third-order valence-electron chi connectivity index (χ3n) is 4.78. The van der Waals surface area contributed by atoms with E-state index in [2.05, 4.69) is 42.3 Å². The fourth-order valence-electron chi connectivity index (χ4n) is 3.11. The van der Waals surface area contributed by atoms with Crippen molar-refractivity contribution in [1.82, 2.24) is 10.2 Å². The lowest BCUT2D eigenvalue weighted by Crippen LogP contribution is -2.44. The Labute approximate surface area is 127 Å². The first kappa shape index (κ1) is 14.6. The second-order valence-corrected chi connectivity index (χ2v) is 6.76. The number of piperidine rings is 1. The van der Waals surface area contributed by atoms with Gasteiger partial charge in [-0.1, -0.05) is 23.8 Å². The molecule has 0 radical (unpaired) electrons. The lowest BCUT2D eigenvalue weighted by Gasteiger charge is -2.32. The number of aryl methyl sites for hydroxylation is 2. The lowest BCUT2D eigenvalue weighted by atomic mass is 10.0. The second-order valence-electron chi connectivity index (χ2n) is 6.76. The number of carbonyl (C=O) groups is 1. The fraction of sp³-hybridized carbons (Fsp3) is 0.611. The molecule has 1 aromatic carbocycles. The minimum atomic E-state index is 0.294. The summed E-state index contributed by atoms with van der Waals surface area (Å²) < 4.78 is 0. The van der Waals surface area contributed by atoms with E-state index in [4.69, 9.17) is 0 Å². The Balaban J connectivity index is 1.49. The van der Waals surface area contributed by atoms with Gasteiger partial charge in [-0.25, -0.2) is 0 Å².